The van der Waals surface area contributed by atoms with Crippen molar-refractivity contribution in [3.05, 3.63) is 70.8 Å². The number of hydrogen-bond donors (Lipinski definition) is 3. The van der Waals surface area contributed by atoms with Crippen LogP contribution in [-0.4, -0.2) is 18.3 Å². The number of nitrogens with one attached hydrogen (secondary N) is 1. The average Bonchev–Trinajstić information content (AvgIpc) is 2.63. The highest BCUT2D eigenvalue weighted by atomic mass is 16.3. The van der Waals surface area contributed by atoms with E-state index in [4.69, 9.17) is 5.73 Å². The van der Waals surface area contributed by atoms with Gasteiger partial charge in [-0.15, -0.1) is 0 Å². The second-order valence-corrected chi connectivity index (χ2v) is 5.86. The molecule has 0 bridgehead atoms. The summed E-state index contributed by atoms with van der Waals surface area (Å²) in [5.74, 6) is 0. The lowest BCUT2D eigenvalue weighted by atomic mass is 9.95. The first kappa shape index (κ1) is 18.1. The van der Waals surface area contributed by atoms with Crippen LogP contribution in [0.3, 0.4) is 0 Å². The summed E-state index contributed by atoms with van der Waals surface area (Å²) >= 11 is 0. The Bertz CT molecular complexity index is 692. The van der Waals surface area contributed by atoms with E-state index >= 15 is 0 Å². The van der Waals surface area contributed by atoms with Gasteiger partial charge in [-0.1, -0.05) is 68.8 Å². The van der Waals surface area contributed by atoms with E-state index < -0.39 is 0 Å². The van der Waals surface area contributed by atoms with Crippen LogP contribution in [0.4, 0.5) is 0 Å². The van der Waals surface area contributed by atoms with Crippen molar-refractivity contribution < 1.29 is 5.11 Å². The predicted molar refractivity (Wildman–Crippen MR) is 102 cm³/mol. The number of rotatable bonds is 8. The molecule has 0 fully saturated rings. The zero-order chi connectivity index (χ0) is 17.4. The van der Waals surface area contributed by atoms with Crippen molar-refractivity contribution in [3.63, 3.8) is 0 Å². The Balaban J connectivity index is 2.59. The first-order chi connectivity index (χ1) is 11.7. The molecule has 0 saturated carbocycles. The second-order valence-electron chi connectivity index (χ2n) is 5.86. The minimum atomic E-state index is 0.0711. The minimum Gasteiger partial charge on any atom is -0.397 e. The van der Waals surface area contributed by atoms with Gasteiger partial charge in [-0.05, 0) is 24.0 Å². The number of aryl methyl sites for hydroxylation is 2. The average molecular weight is 324 g/mol. The number of aliphatic hydroxyl groups is 1. The summed E-state index contributed by atoms with van der Waals surface area (Å²) < 4.78 is 0. The molecule has 2 aromatic rings. The molecule has 3 heteroatoms. The SMILES string of the molecule is CCCc1ccccc1/C(N)=C(/NCCO)c1ccccc1CC. The maximum Gasteiger partial charge on any atom is 0.0657 e. The summed E-state index contributed by atoms with van der Waals surface area (Å²) in [4.78, 5) is 0. The molecule has 128 valence electrons. The highest BCUT2D eigenvalue weighted by Gasteiger charge is 2.13. The molecule has 4 N–H and O–H groups in total. The zero-order valence-electron chi connectivity index (χ0n) is 14.7. The third-order valence-corrected chi connectivity index (χ3v) is 4.18. The van der Waals surface area contributed by atoms with Crippen LogP contribution in [0, 0.1) is 0 Å². The maximum atomic E-state index is 9.25. The van der Waals surface area contributed by atoms with Crippen LogP contribution in [0.2, 0.25) is 0 Å². The molecule has 0 spiro atoms. The lowest BCUT2D eigenvalue weighted by Crippen LogP contribution is -2.21. The van der Waals surface area contributed by atoms with Gasteiger partial charge in [0.15, 0.2) is 0 Å². The Morgan fingerprint density at radius 2 is 1.58 bits per heavy atom. The van der Waals surface area contributed by atoms with Crippen LogP contribution >= 0.6 is 0 Å². The molecule has 0 radical (unpaired) electrons. The molecule has 0 atom stereocenters. The monoisotopic (exact) mass is 324 g/mol. The molecular formula is C21H28N2O. The summed E-state index contributed by atoms with van der Waals surface area (Å²) in [6.07, 6.45) is 3.01. The fourth-order valence-corrected chi connectivity index (χ4v) is 2.99. The standard InChI is InChI=1S/C21H28N2O/c1-3-9-17-11-6-7-12-18(17)20(22)21(23-14-15-24)19-13-8-5-10-16(19)4-2/h5-8,10-13,23-24H,3-4,9,14-15,22H2,1-2H3/b21-20-. The van der Waals surface area contributed by atoms with Gasteiger partial charge in [0.25, 0.3) is 0 Å². The Morgan fingerprint density at radius 3 is 2.21 bits per heavy atom. The van der Waals surface area contributed by atoms with E-state index in [0.717, 1.165) is 41.8 Å². The number of nitrogens with two attached hydrogens (primary N) is 1. The van der Waals surface area contributed by atoms with Crippen molar-refractivity contribution in [1.82, 2.24) is 5.32 Å². The largest absolute Gasteiger partial charge is 0.397 e. The highest BCUT2D eigenvalue weighted by Crippen LogP contribution is 2.26. The lowest BCUT2D eigenvalue weighted by molar-refractivity contribution is 0.299. The topological polar surface area (TPSA) is 58.3 Å². The van der Waals surface area contributed by atoms with Crippen molar-refractivity contribution in [3.8, 4) is 0 Å². The van der Waals surface area contributed by atoms with Crippen LogP contribution in [0.25, 0.3) is 11.4 Å². The summed E-state index contributed by atoms with van der Waals surface area (Å²) in [6.45, 7) is 4.86. The van der Waals surface area contributed by atoms with Crippen molar-refractivity contribution >= 4 is 11.4 Å². The first-order valence-corrected chi connectivity index (χ1v) is 8.73. The molecule has 0 aliphatic rings. The molecule has 0 saturated heterocycles. The van der Waals surface area contributed by atoms with Crippen molar-refractivity contribution in [2.45, 2.75) is 33.1 Å². The van der Waals surface area contributed by atoms with E-state index in [1.54, 1.807) is 0 Å². The zero-order valence-corrected chi connectivity index (χ0v) is 14.7. The summed E-state index contributed by atoms with van der Waals surface area (Å²) in [5, 5.41) is 12.6. The third-order valence-electron chi connectivity index (χ3n) is 4.18. The van der Waals surface area contributed by atoms with E-state index in [1.165, 1.54) is 11.1 Å². The maximum absolute atomic E-state index is 9.25. The van der Waals surface area contributed by atoms with E-state index in [0.29, 0.717) is 6.54 Å². The van der Waals surface area contributed by atoms with Gasteiger partial charge >= 0.3 is 0 Å². The molecule has 0 aliphatic carbocycles. The van der Waals surface area contributed by atoms with Crippen LogP contribution < -0.4 is 11.1 Å². The second kappa shape index (κ2) is 9.14. The molecule has 0 amide bonds. The molecule has 3 nitrogen and oxygen atoms in total. The Kier molecular flexibility index (Phi) is 6.89. The predicted octanol–water partition coefficient (Wildman–Crippen LogP) is 3.57. The fourth-order valence-electron chi connectivity index (χ4n) is 2.99. The Hall–Kier alpha value is -2.26. The summed E-state index contributed by atoms with van der Waals surface area (Å²) in [6, 6.07) is 16.6. The Morgan fingerprint density at radius 1 is 0.958 bits per heavy atom. The molecular weight excluding hydrogens is 296 g/mol. The quantitative estimate of drug-likeness (QED) is 0.651. The van der Waals surface area contributed by atoms with Gasteiger partial charge < -0.3 is 16.2 Å². The van der Waals surface area contributed by atoms with E-state index in [9.17, 15) is 5.11 Å². The van der Waals surface area contributed by atoms with E-state index in [-0.39, 0.29) is 6.61 Å². The van der Waals surface area contributed by atoms with Crippen LogP contribution in [0.15, 0.2) is 48.5 Å². The molecule has 0 heterocycles. The smallest absolute Gasteiger partial charge is 0.0657 e. The van der Waals surface area contributed by atoms with Gasteiger partial charge in [-0.2, -0.15) is 0 Å². The van der Waals surface area contributed by atoms with Gasteiger partial charge in [-0.3, -0.25) is 0 Å². The van der Waals surface area contributed by atoms with Crippen LogP contribution in [0.1, 0.15) is 42.5 Å². The van der Waals surface area contributed by atoms with Crippen molar-refractivity contribution in [2.75, 3.05) is 13.2 Å². The summed E-state index contributed by atoms with van der Waals surface area (Å²) in [5.41, 5.74) is 12.9. The number of benzene rings is 2. The van der Waals surface area contributed by atoms with Gasteiger partial charge in [0.1, 0.15) is 0 Å². The highest BCUT2D eigenvalue weighted by molar-refractivity contribution is 5.90. The molecule has 2 aromatic carbocycles. The van der Waals surface area contributed by atoms with Crippen molar-refractivity contribution in [1.29, 1.82) is 0 Å². The van der Waals surface area contributed by atoms with E-state index in [1.807, 2.05) is 18.2 Å². The normalized spacial score (nSPS) is 12.0. The molecule has 24 heavy (non-hydrogen) atoms. The van der Waals surface area contributed by atoms with Gasteiger partial charge in [-0.25, -0.2) is 0 Å². The van der Waals surface area contributed by atoms with Crippen LogP contribution in [0.5, 0.6) is 0 Å². The molecule has 2 rings (SSSR count). The van der Waals surface area contributed by atoms with Gasteiger partial charge in [0, 0.05) is 17.7 Å². The van der Waals surface area contributed by atoms with E-state index in [2.05, 4.69) is 49.5 Å². The van der Waals surface area contributed by atoms with Crippen LogP contribution in [-0.2, 0) is 12.8 Å². The fraction of sp³-hybridized carbons (Fsp3) is 0.333. The molecule has 0 unspecified atom stereocenters. The number of hydrogen-bond acceptors (Lipinski definition) is 3. The molecule has 0 aliphatic heterocycles. The molecule has 0 aromatic heterocycles. The number of aliphatic hydroxyl groups excluding tert-OH is 1. The Labute approximate surface area is 145 Å². The lowest BCUT2D eigenvalue weighted by Gasteiger charge is -2.19. The minimum absolute atomic E-state index is 0.0711. The third kappa shape index (κ3) is 4.18. The first-order valence-electron chi connectivity index (χ1n) is 8.73. The van der Waals surface area contributed by atoms with Gasteiger partial charge in [0.2, 0.25) is 0 Å². The van der Waals surface area contributed by atoms with Gasteiger partial charge in [0.05, 0.1) is 18.0 Å². The van der Waals surface area contributed by atoms with Crippen molar-refractivity contribution in [2.24, 2.45) is 5.73 Å². The summed E-state index contributed by atoms with van der Waals surface area (Å²) in [7, 11) is 0.